The van der Waals surface area contributed by atoms with Crippen molar-refractivity contribution in [1.29, 1.82) is 0 Å². The van der Waals surface area contributed by atoms with Crippen molar-refractivity contribution in [1.82, 2.24) is 9.88 Å². The molecule has 0 amide bonds. The maximum atomic E-state index is 13.0. The van der Waals surface area contributed by atoms with E-state index < -0.39 is 0 Å². The summed E-state index contributed by atoms with van der Waals surface area (Å²) in [5, 5.41) is 1.11. The first-order chi connectivity index (χ1) is 13.3. The molecule has 2 aromatic carbocycles. The van der Waals surface area contributed by atoms with Gasteiger partial charge < -0.3 is 4.98 Å². The molecule has 3 aromatic rings. The number of nitrogens with zero attached hydrogens (tertiary/aromatic N) is 1. The van der Waals surface area contributed by atoms with Gasteiger partial charge in [0.05, 0.1) is 0 Å². The number of aromatic nitrogens is 1. The van der Waals surface area contributed by atoms with Crippen molar-refractivity contribution in [2.75, 3.05) is 13.1 Å². The summed E-state index contributed by atoms with van der Waals surface area (Å²) in [7, 11) is 0. The number of carbonyl (C=O) groups excluding carboxylic acids is 1. The van der Waals surface area contributed by atoms with E-state index in [1.807, 2.05) is 12.1 Å². The number of rotatable bonds is 4. The summed E-state index contributed by atoms with van der Waals surface area (Å²) >= 11 is 0. The molecule has 2 aliphatic rings. The minimum absolute atomic E-state index is 0.182. The zero-order chi connectivity index (χ0) is 18.2. The topological polar surface area (TPSA) is 36.1 Å². The molecule has 1 aliphatic carbocycles. The van der Waals surface area contributed by atoms with Crippen molar-refractivity contribution in [3.05, 3.63) is 71.4 Å². The second-order valence-electron chi connectivity index (χ2n) is 8.23. The summed E-state index contributed by atoms with van der Waals surface area (Å²) in [6.45, 7) is 3.34. The standard InChI is InChI=1S/C24H26N2O/c27-24-19(15-22-23(24)20-8-4-5-9-21(20)25-22)14-17-10-12-26(13-11-17)16-18-6-2-1-3-7-18/h1-9,17,19,25H,10-16H2. The smallest absolute Gasteiger partial charge is 0.168 e. The molecular formula is C24H26N2O. The van der Waals surface area contributed by atoms with Gasteiger partial charge in [-0.1, -0.05) is 48.5 Å². The Morgan fingerprint density at radius 1 is 0.963 bits per heavy atom. The Labute approximate surface area is 160 Å². The van der Waals surface area contributed by atoms with E-state index in [1.165, 1.54) is 18.4 Å². The molecule has 1 aromatic heterocycles. The van der Waals surface area contributed by atoms with Gasteiger partial charge in [-0.25, -0.2) is 0 Å². The third-order valence-electron chi connectivity index (χ3n) is 6.43. The molecule has 5 rings (SSSR count). The molecule has 1 fully saturated rings. The number of para-hydroxylation sites is 1. The normalized spacial score (nSPS) is 21.0. The second kappa shape index (κ2) is 6.97. The van der Waals surface area contributed by atoms with E-state index in [0.29, 0.717) is 11.7 Å². The van der Waals surface area contributed by atoms with E-state index in [0.717, 1.165) is 54.6 Å². The number of benzene rings is 2. The summed E-state index contributed by atoms with van der Waals surface area (Å²) in [6, 6.07) is 18.9. The van der Waals surface area contributed by atoms with Gasteiger partial charge in [0.25, 0.3) is 0 Å². The van der Waals surface area contributed by atoms with Crippen LogP contribution in [0.5, 0.6) is 0 Å². The predicted molar refractivity (Wildman–Crippen MR) is 109 cm³/mol. The third-order valence-corrected chi connectivity index (χ3v) is 6.43. The van der Waals surface area contributed by atoms with Gasteiger partial charge in [0.2, 0.25) is 0 Å². The van der Waals surface area contributed by atoms with Crippen LogP contribution < -0.4 is 0 Å². The Morgan fingerprint density at radius 3 is 2.52 bits per heavy atom. The summed E-state index contributed by atoms with van der Waals surface area (Å²) < 4.78 is 0. The number of ketones is 1. The van der Waals surface area contributed by atoms with Crippen LogP contribution in [-0.2, 0) is 13.0 Å². The van der Waals surface area contributed by atoms with Crippen molar-refractivity contribution in [3.8, 4) is 0 Å². The van der Waals surface area contributed by atoms with Crippen molar-refractivity contribution < 1.29 is 4.79 Å². The SMILES string of the molecule is O=C1c2c([nH]c3ccccc23)CC1CC1CCN(Cc2ccccc2)CC1. The Bertz CT molecular complexity index is 951. The zero-order valence-electron chi connectivity index (χ0n) is 15.7. The van der Waals surface area contributed by atoms with Crippen LogP contribution in [0, 0.1) is 11.8 Å². The maximum absolute atomic E-state index is 13.0. The van der Waals surface area contributed by atoms with Crippen LogP contribution in [0.3, 0.4) is 0 Å². The Kier molecular flexibility index (Phi) is 4.33. The fourth-order valence-electron chi connectivity index (χ4n) is 4.99. The van der Waals surface area contributed by atoms with Crippen LogP contribution in [0.1, 0.15) is 40.9 Å². The quantitative estimate of drug-likeness (QED) is 0.725. The lowest BCUT2D eigenvalue weighted by molar-refractivity contribution is 0.0897. The average Bonchev–Trinajstić information content (AvgIpc) is 3.21. The lowest BCUT2D eigenvalue weighted by Gasteiger charge is -2.33. The molecule has 1 atom stereocenters. The molecule has 1 unspecified atom stereocenters. The van der Waals surface area contributed by atoms with Gasteiger partial charge in [-0.15, -0.1) is 0 Å². The molecule has 0 radical (unpaired) electrons. The highest BCUT2D eigenvalue weighted by Crippen LogP contribution is 2.37. The molecule has 1 aliphatic heterocycles. The van der Waals surface area contributed by atoms with Crippen molar-refractivity contribution >= 4 is 16.7 Å². The van der Waals surface area contributed by atoms with Crippen molar-refractivity contribution in [2.24, 2.45) is 11.8 Å². The largest absolute Gasteiger partial charge is 0.358 e. The summed E-state index contributed by atoms with van der Waals surface area (Å²) in [5.41, 5.74) is 4.63. The van der Waals surface area contributed by atoms with Crippen LogP contribution in [0.25, 0.3) is 10.9 Å². The lowest BCUT2D eigenvalue weighted by atomic mass is 9.85. The maximum Gasteiger partial charge on any atom is 0.168 e. The van der Waals surface area contributed by atoms with Crippen LogP contribution in [-0.4, -0.2) is 28.8 Å². The minimum Gasteiger partial charge on any atom is -0.358 e. The Hall–Kier alpha value is -2.39. The molecule has 0 saturated carbocycles. The molecule has 138 valence electrons. The molecule has 1 N–H and O–H groups in total. The van der Waals surface area contributed by atoms with Crippen LogP contribution in [0.15, 0.2) is 54.6 Å². The number of hydrogen-bond donors (Lipinski definition) is 1. The average molecular weight is 358 g/mol. The summed E-state index contributed by atoms with van der Waals surface area (Å²) in [5.74, 6) is 1.23. The van der Waals surface area contributed by atoms with E-state index in [9.17, 15) is 4.79 Å². The van der Waals surface area contributed by atoms with Gasteiger partial charge in [-0.05, 0) is 56.3 Å². The van der Waals surface area contributed by atoms with Gasteiger partial charge in [0.1, 0.15) is 0 Å². The zero-order valence-corrected chi connectivity index (χ0v) is 15.7. The molecule has 0 bridgehead atoms. The molecule has 1 saturated heterocycles. The first-order valence-electron chi connectivity index (χ1n) is 10.2. The van der Waals surface area contributed by atoms with Gasteiger partial charge in [0, 0.05) is 34.6 Å². The van der Waals surface area contributed by atoms with Crippen LogP contribution in [0.4, 0.5) is 0 Å². The van der Waals surface area contributed by atoms with Crippen molar-refractivity contribution in [2.45, 2.75) is 32.2 Å². The number of hydrogen-bond acceptors (Lipinski definition) is 2. The summed E-state index contributed by atoms with van der Waals surface area (Å²) in [4.78, 5) is 19.1. The number of carbonyl (C=O) groups is 1. The minimum atomic E-state index is 0.182. The number of likely N-dealkylation sites (tertiary alicyclic amines) is 1. The molecule has 2 heterocycles. The van der Waals surface area contributed by atoms with Crippen molar-refractivity contribution in [3.63, 3.8) is 0 Å². The van der Waals surface area contributed by atoms with E-state index >= 15 is 0 Å². The van der Waals surface area contributed by atoms with Gasteiger partial charge >= 0.3 is 0 Å². The monoisotopic (exact) mass is 358 g/mol. The molecule has 3 nitrogen and oxygen atoms in total. The third kappa shape index (κ3) is 3.21. The van der Waals surface area contributed by atoms with Gasteiger partial charge in [-0.2, -0.15) is 0 Å². The molecule has 3 heteroatoms. The Balaban J connectivity index is 1.19. The van der Waals surface area contributed by atoms with E-state index in [1.54, 1.807) is 0 Å². The fourth-order valence-corrected chi connectivity index (χ4v) is 4.99. The van der Waals surface area contributed by atoms with Gasteiger partial charge in [-0.3, -0.25) is 9.69 Å². The second-order valence-corrected chi connectivity index (χ2v) is 8.23. The van der Waals surface area contributed by atoms with E-state index in [4.69, 9.17) is 0 Å². The molecule has 0 spiro atoms. The highest BCUT2D eigenvalue weighted by atomic mass is 16.1. The molecule has 27 heavy (non-hydrogen) atoms. The first kappa shape index (κ1) is 16.8. The van der Waals surface area contributed by atoms with Crippen LogP contribution in [0.2, 0.25) is 0 Å². The Morgan fingerprint density at radius 2 is 1.70 bits per heavy atom. The first-order valence-corrected chi connectivity index (χ1v) is 10.2. The number of nitrogens with one attached hydrogen (secondary N) is 1. The highest BCUT2D eigenvalue weighted by molar-refractivity contribution is 6.12. The summed E-state index contributed by atoms with van der Waals surface area (Å²) in [6.07, 6.45) is 4.37. The number of aromatic amines is 1. The van der Waals surface area contributed by atoms with Crippen LogP contribution >= 0.6 is 0 Å². The fraction of sp³-hybridized carbons (Fsp3) is 0.375. The number of H-pyrrole nitrogens is 1. The number of Topliss-reactive ketones (excluding diaryl/α,β-unsaturated/α-hetero) is 1. The van der Waals surface area contributed by atoms with E-state index in [2.05, 4.69) is 52.3 Å². The predicted octanol–water partition coefficient (Wildman–Crippen LogP) is 4.83. The molecular weight excluding hydrogens is 332 g/mol. The number of fused-ring (bicyclic) bond motifs is 3. The van der Waals surface area contributed by atoms with E-state index in [-0.39, 0.29) is 5.92 Å². The lowest BCUT2D eigenvalue weighted by Crippen LogP contribution is -2.34. The highest BCUT2D eigenvalue weighted by Gasteiger charge is 2.35. The van der Waals surface area contributed by atoms with Gasteiger partial charge in [0.15, 0.2) is 5.78 Å². The number of piperidine rings is 1.